The Morgan fingerprint density at radius 3 is 2.75 bits per heavy atom. The van der Waals surface area contributed by atoms with E-state index in [4.69, 9.17) is 0 Å². The van der Waals surface area contributed by atoms with Crippen LogP contribution in [0.2, 0.25) is 0 Å². The number of pyridine rings is 1. The lowest BCUT2D eigenvalue weighted by Crippen LogP contribution is -2.25. The number of aryl methyl sites for hydroxylation is 2. The summed E-state index contributed by atoms with van der Waals surface area (Å²) in [6.45, 7) is 6.19. The second kappa shape index (κ2) is 6.43. The highest BCUT2D eigenvalue weighted by Crippen LogP contribution is 2.27. The second-order valence-electron chi connectivity index (χ2n) is 5.94. The SMILES string of the molecule is CCNC(=O)Cc1c(-c2ccc(F)c(C)c2)nc2ccc(C)cn12. The Hall–Kier alpha value is -2.69. The fourth-order valence-corrected chi connectivity index (χ4v) is 2.80. The molecule has 0 unspecified atom stereocenters. The predicted molar refractivity (Wildman–Crippen MR) is 92.4 cm³/mol. The van der Waals surface area contributed by atoms with Crippen LogP contribution in [0.3, 0.4) is 0 Å². The number of amides is 1. The molecule has 1 amide bonds. The van der Waals surface area contributed by atoms with Crippen molar-refractivity contribution in [3.63, 3.8) is 0 Å². The summed E-state index contributed by atoms with van der Waals surface area (Å²) in [5.74, 6) is -0.301. The van der Waals surface area contributed by atoms with Gasteiger partial charge >= 0.3 is 0 Å². The molecule has 4 nitrogen and oxygen atoms in total. The molecule has 0 atom stereocenters. The highest BCUT2D eigenvalue weighted by molar-refractivity contribution is 5.81. The van der Waals surface area contributed by atoms with Crippen molar-refractivity contribution in [3.8, 4) is 11.3 Å². The largest absolute Gasteiger partial charge is 0.356 e. The van der Waals surface area contributed by atoms with Crippen LogP contribution in [0.1, 0.15) is 23.7 Å². The van der Waals surface area contributed by atoms with Gasteiger partial charge in [-0.15, -0.1) is 0 Å². The summed E-state index contributed by atoms with van der Waals surface area (Å²) in [7, 11) is 0. The number of rotatable bonds is 4. The summed E-state index contributed by atoms with van der Waals surface area (Å²) in [6, 6.07) is 8.83. The van der Waals surface area contributed by atoms with Crippen LogP contribution < -0.4 is 5.32 Å². The van der Waals surface area contributed by atoms with Crippen molar-refractivity contribution >= 4 is 11.6 Å². The molecule has 1 aromatic carbocycles. The minimum absolute atomic E-state index is 0.0547. The van der Waals surface area contributed by atoms with Gasteiger partial charge in [-0.25, -0.2) is 9.37 Å². The number of halogens is 1. The van der Waals surface area contributed by atoms with Gasteiger partial charge < -0.3 is 9.72 Å². The first-order valence-corrected chi connectivity index (χ1v) is 8.00. The predicted octanol–water partition coefficient (Wildman–Crippen LogP) is 3.44. The van der Waals surface area contributed by atoms with E-state index in [1.165, 1.54) is 6.07 Å². The molecule has 2 heterocycles. The summed E-state index contributed by atoms with van der Waals surface area (Å²) >= 11 is 0. The summed E-state index contributed by atoms with van der Waals surface area (Å²) in [5.41, 5.74) is 4.76. The molecule has 0 spiro atoms. The number of nitrogens with one attached hydrogen (secondary N) is 1. The molecule has 0 radical (unpaired) electrons. The van der Waals surface area contributed by atoms with Crippen molar-refractivity contribution in [1.82, 2.24) is 14.7 Å². The fourth-order valence-electron chi connectivity index (χ4n) is 2.80. The summed E-state index contributed by atoms with van der Waals surface area (Å²) in [4.78, 5) is 16.8. The molecular formula is C19H20FN3O. The van der Waals surface area contributed by atoms with Gasteiger partial charge in [0.05, 0.1) is 17.8 Å². The molecule has 1 N–H and O–H groups in total. The Labute approximate surface area is 140 Å². The van der Waals surface area contributed by atoms with Crippen molar-refractivity contribution in [2.75, 3.05) is 6.54 Å². The molecular weight excluding hydrogens is 305 g/mol. The average Bonchev–Trinajstić information content (AvgIpc) is 2.88. The lowest BCUT2D eigenvalue weighted by molar-refractivity contribution is -0.120. The molecule has 0 aliphatic heterocycles. The fraction of sp³-hybridized carbons (Fsp3) is 0.263. The normalized spacial score (nSPS) is 11.0. The molecule has 24 heavy (non-hydrogen) atoms. The van der Waals surface area contributed by atoms with E-state index >= 15 is 0 Å². The molecule has 3 rings (SSSR count). The number of likely N-dealkylation sites (N-methyl/N-ethyl adjacent to an activating group) is 1. The van der Waals surface area contributed by atoms with Gasteiger partial charge in [-0.05, 0) is 56.2 Å². The monoisotopic (exact) mass is 325 g/mol. The van der Waals surface area contributed by atoms with E-state index in [9.17, 15) is 9.18 Å². The summed E-state index contributed by atoms with van der Waals surface area (Å²) < 4.78 is 15.5. The van der Waals surface area contributed by atoms with E-state index in [-0.39, 0.29) is 18.1 Å². The van der Waals surface area contributed by atoms with E-state index in [2.05, 4.69) is 10.3 Å². The van der Waals surface area contributed by atoms with Gasteiger partial charge in [0.25, 0.3) is 0 Å². The van der Waals surface area contributed by atoms with Gasteiger partial charge in [-0.1, -0.05) is 6.07 Å². The average molecular weight is 325 g/mol. The lowest BCUT2D eigenvalue weighted by Gasteiger charge is -2.07. The lowest BCUT2D eigenvalue weighted by atomic mass is 10.1. The van der Waals surface area contributed by atoms with Crippen LogP contribution in [-0.2, 0) is 11.2 Å². The number of carbonyl (C=O) groups excluding carboxylic acids is 1. The molecule has 0 aliphatic carbocycles. The van der Waals surface area contributed by atoms with Crippen molar-refractivity contribution in [2.45, 2.75) is 27.2 Å². The zero-order valence-corrected chi connectivity index (χ0v) is 14.1. The molecule has 0 bridgehead atoms. The molecule has 124 valence electrons. The molecule has 3 aromatic rings. The first-order valence-electron chi connectivity index (χ1n) is 8.00. The molecule has 0 fully saturated rings. The Kier molecular flexibility index (Phi) is 4.34. The number of carbonyl (C=O) groups is 1. The third-order valence-corrected chi connectivity index (χ3v) is 4.00. The van der Waals surface area contributed by atoms with Gasteiger partial charge in [-0.2, -0.15) is 0 Å². The van der Waals surface area contributed by atoms with Gasteiger partial charge in [-0.3, -0.25) is 4.79 Å². The van der Waals surface area contributed by atoms with E-state index < -0.39 is 0 Å². The number of hydrogen-bond donors (Lipinski definition) is 1. The van der Waals surface area contributed by atoms with Crippen molar-refractivity contribution < 1.29 is 9.18 Å². The molecule has 2 aromatic heterocycles. The molecule has 0 saturated carbocycles. The van der Waals surface area contributed by atoms with Crippen LogP contribution in [0.25, 0.3) is 16.9 Å². The van der Waals surface area contributed by atoms with Crippen LogP contribution in [0.5, 0.6) is 0 Å². The zero-order valence-electron chi connectivity index (χ0n) is 14.1. The van der Waals surface area contributed by atoms with Crippen LogP contribution in [-0.4, -0.2) is 21.8 Å². The van der Waals surface area contributed by atoms with Gasteiger partial charge in [0.1, 0.15) is 11.5 Å². The zero-order chi connectivity index (χ0) is 17.3. The molecule has 0 saturated heterocycles. The van der Waals surface area contributed by atoms with E-state index in [1.807, 2.05) is 36.6 Å². The van der Waals surface area contributed by atoms with Gasteiger partial charge in [0.15, 0.2) is 0 Å². The van der Waals surface area contributed by atoms with Crippen LogP contribution in [0.15, 0.2) is 36.5 Å². The molecule has 0 aliphatic rings. The Morgan fingerprint density at radius 2 is 2.04 bits per heavy atom. The van der Waals surface area contributed by atoms with Crippen LogP contribution in [0.4, 0.5) is 4.39 Å². The highest BCUT2D eigenvalue weighted by atomic mass is 19.1. The number of imidazole rings is 1. The topological polar surface area (TPSA) is 46.4 Å². The number of hydrogen-bond acceptors (Lipinski definition) is 2. The smallest absolute Gasteiger partial charge is 0.226 e. The highest BCUT2D eigenvalue weighted by Gasteiger charge is 2.17. The van der Waals surface area contributed by atoms with Crippen molar-refractivity contribution in [1.29, 1.82) is 0 Å². The van der Waals surface area contributed by atoms with Crippen LogP contribution >= 0.6 is 0 Å². The maximum absolute atomic E-state index is 13.6. The van der Waals surface area contributed by atoms with Crippen molar-refractivity contribution in [3.05, 3.63) is 59.2 Å². The first-order chi connectivity index (χ1) is 11.5. The van der Waals surface area contributed by atoms with Gasteiger partial charge in [0, 0.05) is 18.3 Å². The maximum atomic E-state index is 13.6. The Balaban J connectivity index is 2.18. The maximum Gasteiger partial charge on any atom is 0.226 e. The Morgan fingerprint density at radius 1 is 1.25 bits per heavy atom. The summed E-state index contributed by atoms with van der Waals surface area (Å²) in [5, 5.41) is 2.82. The van der Waals surface area contributed by atoms with Gasteiger partial charge in [0.2, 0.25) is 5.91 Å². The number of nitrogens with zero attached hydrogens (tertiary/aromatic N) is 2. The summed E-state index contributed by atoms with van der Waals surface area (Å²) in [6.07, 6.45) is 2.20. The standard InChI is InChI=1S/C19H20FN3O/c1-4-21-18(24)10-16-19(14-6-7-15(20)13(3)9-14)22-17-8-5-12(2)11-23(16)17/h5-9,11H,4,10H2,1-3H3,(H,21,24). The first kappa shape index (κ1) is 16.2. The van der Waals surface area contributed by atoms with E-state index in [1.54, 1.807) is 19.1 Å². The number of benzene rings is 1. The van der Waals surface area contributed by atoms with Crippen LogP contribution in [0, 0.1) is 19.7 Å². The number of aromatic nitrogens is 2. The minimum atomic E-state index is -0.247. The Bertz CT molecular complexity index is 914. The quantitative estimate of drug-likeness (QED) is 0.799. The molecule has 5 heteroatoms. The third-order valence-electron chi connectivity index (χ3n) is 4.00. The van der Waals surface area contributed by atoms with E-state index in [0.717, 1.165) is 28.2 Å². The second-order valence-corrected chi connectivity index (χ2v) is 5.94. The number of fused-ring (bicyclic) bond motifs is 1. The van der Waals surface area contributed by atoms with E-state index in [0.29, 0.717) is 12.1 Å². The third kappa shape index (κ3) is 3.02. The minimum Gasteiger partial charge on any atom is -0.356 e. The van der Waals surface area contributed by atoms with Crippen molar-refractivity contribution in [2.24, 2.45) is 0 Å².